The van der Waals surface area contributed by atoms with Crippen LogP contribution in [-0.2, 0) is 0 Å². The van der Waals surface area contributed by atoms with Crippen LogP contribution in [-0.4, -0.2) is 35.5 Å². The lowest BCUT2D eigenvalue weighted by Gasteiger charge is -2.11. The molecule has 0 aliphatic carbocycles. The summed E-state index contributed by atoms with van der Waals surface area (Å²) in [5, 5.41) is 5.36. The van der Waals surface area contributed by atoms with E-state index in [0.29, 0.717) is 27.7 Å². The van der Waals surface area contributed by atoms with E-state index in [2.05, 4.69) is 15.1 Å². The van der Waals surface area contributed by atoms with Gasteiger partial charge in [-0.05, 0) is 23.8 Å². The molecule has 0 amide bonds. The molecular formula is C21H17ClN4O2. The lowest BCUT2D eigenvalue weighted by atomic mass is 9.95. The first-order valence-electron chi connectivity index (χ1n) is 8.61. The molecule has 28 heavy (non-hydrogen) atoms. The van der Waals surface area contributed by atoms with Gasteiger partial charge in [0.05, 0.1) is 11.9 Å². The number of benzene rings is 2. The van der Waals surface area contributed by atoms with Gasteiger partial charge < -0.3 is 14.4 Å². The van der Waals surface area contributed by atoms with Crippen molar-refractivity contribution in [2.45, 2.75) is 0 Å². The minimum absolute atomic E-state index is 0.270. The maximum Gasteiger partial charge on any atom is 0.260 e. The first-order valence-corrected chi connectivity index (χ1v) is 8.99. The average molecular weight is 393 g/mol. The number of hydrogen-bond acceptors (Lipinski definition) is 4. The minimum Gasteiger partial charge on any atom is -0.369 e. The molecule has 4 rings (SSSR count). The molecule has 0 saturated heterocycles. The topological polar surface area (TPSA) is 74.5 Å². The van der Waals surface area contributed by atoms with Crippen molar-refractivity contribution in [3.8, 4) is 22.5 Å². The second-order valence-corrected chi connectivity index (χ2v) is 6.95. The summed E-state index contributed by atoms with van der Waals surface area (Å²) >= 11 is 6.24. The molecule has 7 heteroatoms. The van der Waals surface area contributed by atoms with Gasteiger partial charge in [0, 0.05) is 41.7 Å². The number of aromatic amines is 1. The van der Waals surface area contributed by atoms with E-state index < -0.39 is 0 Å². The summed E-state index contributed by atoms with van der Waals surface area (Å²) in [7, 11) is 3.71. The Bertz CT molecular complexity index is 1230. The van der Waals surface area contributed by atoms with Crippen LogP contribution < -0.4 is 5.56 Å². The molecule has 0 atom stereocenters. The van der Waals surface area contributed by atoms with Gasteiger partial charge in [-0.25, -0.2) is 4.99 Å². The van der Waals surface area contributed by atoms with Crippen LogP contribution in [0.2, 0.25) is 5.02 Å². The van der Waals surface area contributed by atoms with E-state index >= 15 is 0 Å². The zero-order chi connectivity index (χ0) is 19.7. The number of aromatic nitrogens is 2. The third-order valence-corrected chi connectivity index (χ3v) is 4.44. The molecule has 0 fully saturated rings. The minimum atomic E-state index is -0.270. The third-order valence-electron chi connectivity index (χ3n) is 4.20. The summed E-state index contributed by atoms with van der Waals surface area (Å²) in [5.74, 6) is 0.723. The second-order valence-electron chi connectivity index (χ2n) is 6.52. The van der Waals surface area contributed by atoms with Crippen LogP contribution in [0.1, 0.15) is 0 Å². The first kappa shape index (κ1) is 18.0. The molecule has 0 aliphatic rings. The van der Waals surface area contributed by atoms with Crippen molar-refractivity contribution in [2.24, 2.45) is 4.99 Å². The molecule has 0 radical (unpaired) electrons. The number of hydrogen-bond donors (Lipinski definition) is 1. The molecule has 1 N–H and O–H groups in total. The number of nitrogens with one attached hydrogen (secondary N) is 1. The van der Waals surface area contributed by atoms with Crippen molar-refractivity contribution >= 4 is 34.7 Å². The van der Waals surface area contributed by atoms with Crippen LogP contribution in [0.25, 0.3) is 33.4 Å². The fourth-order valence-corrected chi connectivity index (χ4v) is 3.20. The Kier molecular flexibility index (Phi) is 4.71. The molecule has 4 aromatic rings. The van der Waals surface area contributed by atoms with E-state index in [0.717, 1.165) is 16.5 Å². The summed E-state index contributed by atoms with van der Waals surface area (Å²) in [6.07, 6.45) is 1.62. The van der Waals surface area contributed by atoms with Gasteiger partial charge in [0.25, 0.3) is 5.56 Å². The maximum absolute atomic E-state index is 13.0. The number of rotatable bonds is 4. The molecular weight excluding hydrogens is 376 g/mol. The highest BCUT2D eigenvalue weighted by Gasteiger charge is 2.20. The van der Waals surface area contributed by atoms with E-state index in [1.165, 1.54) is 0 Å². The first-order chi connectivity index (χ1) is 13.5. The van der Waals surface area contributed by atoms with Crippen molar-refractivity contribution in [3.05, 3.63) is 70.0 Å². The lowest BCUT2D eigenvalue weighted by molar-refractivity contribution is 0.434. The zero-order valence-electron chi connectivity index (χ0n) is 15.3. The predicted molar refractivity (Wildman–Crippen MR) is 112 cm³/mol. The molecule has 140 valence electrons. The van der Waals surface area contributed by atoms with Crippen LogP contribution >= 0.6 is 11.6 Å². The van der Waals surface area contributed by atoms with Gasteiger partial charge in [-0.1, -0.05) is 47.1 Å². The van der Waals surface area contributed by atoms with Crippen molar-refractivity contribution in [3.63, 3.8) is 0 Å². The van der Waals surface area contributed by atoms with Crippen molar-refractivity contribution in [2.75, 3.05) is 14.1 Å². The molecule has 0 saturated carbocycles. The Morgan fingerprint density at radius 3 is 2.64 bits per heavy atom. The molecule has 0 unspecified atom stereocenters. The third kappa shape index (κ3) is 3.42. The molecule has 6 nitrogen and oxygen atoms in total. The Morgan fingerprint density at radius 2 is 1.89 bits per heavy atom. The van der Waals surface area contributed by atoms with Gasteiger partial charge in [-0.2, -0.15) is 0 Å². The Labute approximate surface area is 166 Å². The van der Waals surface area contributed by atoms with E-state index in [-0.39, 0.29) is 5.56 Å². The second kappa shape index (κ2) is 7.32. The van der Waals surface area contributed by atoms with Crippen molar-refractivity contribution in [1.82, 2.24) is 15.0 Å². The highest BCUT2D eigenvalue weighted by atomic mass is 35.5. The smallest absolute Gasteiger partial charge is 0.260 e. The zero-order valence-corrected chi connectivity index (χ0v) is 16.1. The predicted octanol–water partition coefficient (Wildman–Crippen LogP) is 4.72. The van der Waals surface area contributed by atoms with Gasteiger partial charge in [0.2, 0.25) is 0 Å². The molecule has 2 heterocycles. The van der Waals surface area contributed by atoms with Gasteiger partial charge in [0.1, 0.15) is 0 Å². The van der Waals surface area contributed by atoms with Crippen molar-refractivity contribution < 1.29 is 4.52 Å². The molecule has 0 aliphatic heterocycles. The van der Waals surface area contributed by atoms with Crippen molar-refractivity contribution in [1.29, 1.82) is 0 Å². The summed E-state index contributed by atoms with van der Waals surface area (Å²) in [4.78, 5) is 21.9. The van der Waals surface area contributed by atoms with Crippen LogP contribution in [0.5, 0.6) is 0 Å². The van der Waals surface area contributed by atoms with Gasteiger partial charge in [-0.3, -0.25) is 4.79 Å². The summed E-state index contributed by atoms with van der Waals surface area (Å²) in [6.45, 7) is 0. The standard InChI is InChI=1S/C21H17ClN4O2/c1-26(2)12-23-18-11-17(28-25-18)20-19(13-6-4-3-5-7-13)15-10-14(22)8-9-16(15)24-21(20)27/h3-12H,1-2H3,(H,24,27)/b23-12+. The number of fused-ring (bicyclic) bond motifs is 1. The van der Waals surface area contributed by atoms with E-state index in [4.69, 9.17) is 16.1 Å². The highest BCUT2D eigenvalue weighted by molar-refractivity contribution is 6.31. The average Bonchev–Trinajstić information content (AvgIpc) is 3.15. The fraction of sp³-hybridized carbons (Fsp3) is 0.0952. The summed E-state index contributed by atoms with van der Waals surface area (Å²) < 4.78 is 5.47. The number of halogens is 1. The molecule has 2 aromatic heterocycles. The number of nitrogens with zero attached hydrogens (tertiary/aromatic N) is 3. The van der Waals surface area contributed by atoms with Crippen LogP contribution in [0.4, 0.5) is 5.82 Å². The Balaban J connectivity index is 2.01. The van der Waals surface area contributed by atoms with Crippen LogP contribution in [0.15, 0.2) is 68.9 Å². The fourth-order valence-electron chi connectivity index (χ4n) is 3.02. The maximum atomic E-state index is 13.0. The quantitative estimate of drug-likeness (QED) is 0.402. The number of pyridine rings is 1. The summed E-state index contributed by atoms with van der Waals surface area (Å²) in [6, 6.07) is 16.7. The lowest BCUT2D eigenvalue weighted by Crippen LogP contribution is -2.11. The molecule has 0 bridgehead atoms. The SMILES string of the molecule is CN(C)/C=N/c1cc(-c2c(-c3ccccc3)c3cc(Cl)ccc3[nH]c2=O)on1. The number of H-pyrrole nitrogens is 1. The van der Waals surface area contributed by atoms with E-state index in [1.54, 1.807) is 29.4 Å². The Morgan fingerprint density at radius 1 is 1.11 bits per heavy atom. The summed E-state index contributed by atoms with van der Waals surface area (Å²) in [5.41, 5.74) is 2.43. The van der Waals surface area contributed by atoms with E-state index in [1.807, 2.05) is 50.5 Å². The number of aliphatic imine (C=N–C) groups is 1. The van der Waals surface area contributed by atoms with E-state index in [9.17, 15) is 4.79 Å². The Hall–Kier alpha value is -3.38. The normalized spacial score (nSPS) is 11.4. The van der Waals surface area contributed by atoms with Gasteiger partial charge >= 0.3 is 0 Å². The van der Waals surface area contributed by atoms with Gasteiger partial charge in [-0.15, -0.1) is 0 Å². The van der Waals surface area contributed by atoms with Crippen LogP contribution in [0, 0.1) is 0 Å². The monoisotopic (exact) mass is 392 g/mol. The molecule has 2 aromatic carbocycles. The van der Waals surface area contributed by atoms with Gasteiger partial charge in [0.15, 0.2) is 11.6 Å². The largest absolute Gasteiger partial charge is 0.369 e. The highest BCUT2D eigenvalue weighted by Crippen LogP contribution is 2.36. The van der Waals surface area contributed by atoms with Crippen LogP contribution in [0.3, 0.4) is 0 Å². The molecule has 0 spiro atoms.